The lowest BCUT2D eigenvalue weighted by molar-refractivity contribution is -0.138. The molecule has 0 unspecified atom stereocenters. The lowest BCUT2D eigenvalue weighted by Gasteiger charge is -2.21. The summed E-state index contributed by atoms with van der Waals surface area (Å²) >= 11 is 1.52. The van der Waals surface area contributed by atoms with Gasteiger partial charge < -0.3 is 9.32 Å². The lowest BCUT2D eigenvalue weighted by atomic mass is 10.1. The van der Waals surface area contributed by atoms with Gasteiger partial charge in [-0.25, -0.2) is 0 Å². The van der Waals surface area contributed by atoms with Crippen molar-refractivity contribution in [3.63, 3.8) is 0 Å². The Morgan fingerprint density at radius 3 is 2.58 bits per heavy atom. The number of hydrogen-bond acceptors (Lipinski definition) is 3. The molecule has 0 aliphatic carbocycles. The van der Waals surface area contributed by atoms with E-state index in [1.54, 1.807) is 17.0 Å². The standard InChI is InChI=1S/C19H16F3NO2S/c20-19(21,22)15-5-1-4-14(10-15)11-18(24)23(12-16-6-2-8-25-16)13-17-7-3-9-26-17/h1-10H,11-13H2. The highest BCUT2D eigenvalue weighted by atomic mass is 32.1. The minimum absolute atomic E-state index is 0.101. The van der Waals surface area contributed by atoms with Gasteiger partial charge in [0.05, 0.1) is 31.3 Å². The van der Waals surface area contributed by atoms with Gasteiger partial charge in [-0.05, 0) is 35.2 Å². The number of hydrogen-bond donors (Lipinski definition) is 0. The summed E-state index contributed by atoms with van der Waals surface area (Å²) in [6.07, 6.45) is -3.00. The van der Waals surface area contributed by atoms with E-state index in [4.69, 9.17) is 4.42 Å². The van der Waals surface area contributed by atoms with Crippen LogP contribution in [0.4, 0.5) is 13.2 Å². The van der Waals surface area contributed by atoms with Gasteiger partial charge in [0.1, 0.15) is 5.76 Å². The Hall–Kier alpha value is -2.54. The van der Waals surface area contributed by atoms with Gasteiger partial charge in [-0.2, -0.15) is 13.2 Å². The van der Waals surface area contributed by atoms with Gasteiger partial charge in [-0.15, -0.1) is 11.3 Å². The quantitative estimate of drug-likeness (QED) is 0.595. The number of furan rings is 1. The average Bonchev–Trinajstić information content (AvgIpc) is 3.27. The van der Waals surface area contributed by atoms with Gasteiger partial charge in [0.2, 0.25) is 5.91 Å². The van der Waals surface area contributed by atoms with E-state index in [2.05, 4.69) is 0 Å². The van der Waals surface area contributed by atoms with Crippen LogP contribution in [0.1, 0.15) is 21.8 Å². The van der Waals surface area contributed by atoms with Crippen molar-refractivity contribution in [3.05, 3.63) is 81.9 Å². The van der Waals surface area contributed by atoms with E-state index in [1.165, 1.54) is 29.7 Å². The summed E-state index contributed by atoms with van der Waals surface area (Å²) in [4.78, 5) is 15.3. The van der Waals surface area contributed by atoms with Crippen LogP contribution in [0.2, 0.25) is 0 Å². The van der Waals surface area contributed by atoms with Gasteiger partial charge in [0.15, 0.2) is 0 Å². The van der Waals surface area contributed by atoms with Crippen LogP contribution >= 0.6 is 11.3 Å². The Balaban J connectivity index is 1.76. The molecule has 0 fully saturated rings. The molecule has 3 nitrogen and oxygen atoms in total. The predicted octanol–water partition coefficient (Wildman–Crippen LogP) is 5.13. The first-order chi connectivity index (χ1) is 12.4. The van der Waals surface area contributed by atoms with Crippen molar-refractivity contribution in [1.29, 1.82) is 0 Å². The lowest BCUT2D eigenvalue weighted by Crippen LogP contribution is -2.31. The molecule has 0 saturated heterocycles. The van der Waals surface area contributed by atoms with Crippen molar-refractivity contribution in [2.45, 2.75) is 25.7 Å². The first-order valence-corrected chi connectivity index (χ1v) is 8.78. The maximum absolute atomic E-state index is 12.9. The maximum Gasteiger partial charge on any atom is 0.416 e. The number of carbonyl (C=O) groups is 1. The van der Waals surface area contributed by atoms with Crippen molar-refractivity contribution in [3.8, 4) is 0 Å². The molecule has 136 valence electrons. The molecule has 1 aromatic carbocycles. The monoisotopic (exact) mass is 379 g/mol. The predicted molar refractivity (Wildman–Crippen MR) is 92.4 cm³/mol. The molecule has 26 heavy (non-hydrogen) atoms. The van der Waals surface area contributed by atoms with Crippen molar-refractivity contribution >= 4 is 17.2 Å². The molecule has 0 N–H and O–H groups in total. The second-order valence-corrected chi connectivity index (χ2v) is 6.82. The van der Waals surface area contributed by atoms with Gasteiger partial charge in [0, 0.05) is 4.88 Å². The van der Waals surface area contributed by atoms with Crippen molar-refractivity contribution < 1.29 is 22.4 Å². The first kappa shape index (κ1) is 18.3. The zero-order chi connectivity index (χ0) is 18.6. The molecule has 0 atom stereocenters. The molecule has 3 aromatic rings. The van der Waals surface area contributed by atoms with Crippen molar-refractivity contribution in [2.75, 3.05) is 0 Å². The zero-order valence-electron chi connectivity index (χ0n) is 13.7. The molecule has 2 heterocycles. The number of carbonyl (C=O) groups excluding carboxylic acids is 1. The van der Waals surface area contributed by atoms with E-state index in [-0.39, 0.29) is 18.9 Å². The third-order valence-electron chi connectivity index (χ3n) is 3.82. The second-order valence-electron chi connectivity index (χ2n) is 5.78. The summed E-state index contributed by atoms with van der Waals surface area (Å²) < 4.78 is 43.9. The van der Waals surface area contributed by atoms with Crippen LogP contribution in [-0.4, -0.2) is 10.8 Å². The highest BCUT2D eigenvalue weighted by Crippen LogP contribution is 2.29. The fourth-order valence-corrected chi connectivity index (χ4v) is 3.28. The van der Waals surface area contributed by atoms with Gasteiger partial charge in [-0.3, -0.25) is 4.79 Å². The molecule has 0 aliphatic rings. The summed E-state index contributed by atoms with van der Waals surface area (Å²) in [5, 5.41) is 1.91. The SMILES string of the molecule is O=C(Cc1cccc(C(F)(F)F)c1)N(Cc1ccco1)Cc1cccs1. The van der Waals surface area contributed by atoms with Gasteiger partial charge in [-0.1, -0.05) is 24.3 Å². The van der Waals surface area contributed by atoms with E-state index < -0.39 is 11.7 Å². The van der Waals surface area contributed by atoms with Crippen LogP contribution in [0, 0.1) is 0 Å². The third-order valence-corrected chi connectivity index (χ3v) is 4.68. The Bertz CT molecular complexity index is 806. The Kier molecular flexibility index (Phi) is 5.46. The molecule has 0 spiro atoms. The van der Waals surface area contributed by atoms with Crippen LogP contribution in [0.3, 0.4) is 0 Å². The first-order valence-electron chi connectivity index (χ1n) is 7.90. The molecule has 0 bridgehead atoms. The van der Waals surface area contributed by atoms with Crippen molar-refractivity contribution in [2.24, 2.45) is 0 Å². The number of nitrogens with zero attached hydrogens (tertiary/aromatic N) is 1. The highest BCUT2D eigenvalue weighted by molar-refractivity contribution is 7.09. The van der Waals surface area contributed by atoms with Crippen molar-refractivity contribution in [1.82, 2.24) is 4.90 Å². The Morgan fingerprint density at radius 2 is 1.92 bits per heavy atom. The number of thiophene rings is 1. The molecule has 1 amide bonds. The number of benzene rings is 1. The molecular formula is C19H16F3NO2S. The molecule has 0 aliphatic heterocycles. The largest absolute Gasteiger partial charge is 0.467 e. The summed E-state index contributed by atoms with van der Waals surface area (Å²) in [7, 11) is 0. The van der Waals surface area contributed by atoms with Crippen LogP contribution in [0.5, 0.6) is 0 Å². The van der Waals surface area contributed by atoms with E-state index in [1.807, 2.05) is 17.5 Å². The summed E-state index contributed by atoms with van der Waals surface area (Å²) in [5.41, 5.74) is -0.418. The topological polar surface area (TPSA) is 33.5 Å². The number of amides is 1. The fraction of sp³-hybridized carbons (Fsp3) is 0.211. The van der Waals surface area contributed by atoms with Crippen LogP contribution in [0.25, 0.3) is 0 Å². The van der Waals surface area contributed by atoms with Gasteiger partial charge >= 0.3 is 6.18 Å². The van der Waals surface area contributed by atoms with Crippen LogP contribution in [0.15, 0.2) is 64.6 Å². The Morgan fingerprint density at radius 1 is 1.08 bits per heavy atom. The third kappa shape index (κ3) is 4.76. The normalized spacial score (nSPS) is 11.5. The number of rotatable bonds is 6. The smallest absolute Gasteiger partial charge is 0.416 e. The minimum Gasteiger partial charge on any atom is -0.467 e. The molecule has 7 heteroatoms. The molecule has 0 radical (unpaired) electrons. The van der Waals surface area contributed by atoms with E-state index in [0.29, 0.717) is 17.9 Å². The second kappa shape index (κ2) is 7.78. The molecular weight excluding hydrogens is 363 g/mol. The summed E-state index contributed by atoms with van der Waals surface area (Å²) in [6, 6.07) is 12.2. The highest BCUT2D eigenvalue weighted by Gasteiger charge is 2.30. The molecule has 3 rings (SSSR count). The minimum atomic E-state index is -4.43. The van der Waals surface area contributed by atoms with E-state index in [9.17, 15) is 18.0 Å². The molecule has 0 saturated carbocycles. The summed E-state index contributed by atoms with van der Waals surface area (Å²) in [6.45, 7) is 0.652. The average molecular weight is 379 g/mol. The fourth-order valence-electron chi connectivity index (χ4n) is 2.56. The van der Waals surface area contributed by atoms with E-state index >= 15 is 0 Å². The zero-order valence-corrected chi connectivity index (χ0v) is 14.5. The Labute approximate surface area is 152 Å². The van der Waals surface area contributed by atoms with Gasteiger partial charge in [0.25, 0.3) is 0 Å². The maximum atomic E-state index is 12.9. The summed E-state index contributed by atoms with van der Waals surface area (Å²) in [5.74, 6) is 0.369. The molecule has 2 aromatic heterocycles. The number of alkyl halides is 3. The van der Waals surface area contributed by atoms with E-state index in [0.717, 1.165) is 17.0 Å². The number of halogens is 3. The van der Waals surface area contributed by atoms with Crippen LogP contribution < -0.4 is 0 Å². The van der Waals surface area contributed by atoms with Crippen LogP contribution in [-0.2, 0) is 30.5 Å².